The molecule has 3 rings (SSSR count). The predicted molar refractivity (Wildman–Crippen MR) is 118 cm³/mol. The number of carbonyl (C=O) groups is 2. The maximum atomic E-state index is 12.8. The lowest BCUT2D eigenvalue weighted by Gasteiger charge is -2.24. The first-order chi connectivity index (χ1) is 16.0. The minimum atomic E-state index is -4.25. The SMILES string of the molecule is CC(=O)OC[C@H]1O[C@@H](n2cc(Cl)c(N)nc2=O)[C@H](OC(C)=O)[C@H]1OS(=O)(=O)Cc1ccccc1. The predicted octanol–water partition coefficient (Wildman–Crippen LogP) is 0.786. The highest BCUT2D eigenvalue weighted by atomic mass is 35.5. The number of ether oxygens (including phenoxy) is 3. The summed E-state index contributed by atoms with van der Waals surface area (Å²) in [5.74, 6) is -2.20. The summed E-state index contributed by atoms with van der Waals surface area (Å²) in [5.41, 5.74) is 5.10. The monoisotopic (exact) mass is 515 g/mol. The van der Waals surface area contributed by atoms with Gasteiger partial charge < -0.3 is 19.9 Å². The zero-order valence-corrected chi connectivity index (χ0v) is 19.7. The van der Waals surface area contributed by atoms with Gasteiger partial charge in [-0.3, -0.25) is 18.3 Å². The quantitative estimate of drug-likeness (QED) is 0.390. The van der Waals surface area contributed by atoms with E-state index < -0.39 is 64.6 Å². The fourth-order valence-electron chi connectivity index (χ4n) is 3.32. The molecular weight excluding hydrogens is 494 g/mol. The number of benzene rings is 1. The third-order valence-corrected chi connectivity index (χ3v) is 6.18. The van der Waals surface area contributed by atoms with Gasteiger partial charge in [0.15, 0.2) is 12.3 Å². The van der Waals surface area contributed by atoms with E-state index in [1.165, 1.54) is 0 Å². The van der Waals surface area contributed by atoms with Crippen LogP contribution in [0.1, 0.15) is 25.6 Å². The minimum absolute atomic E-state index is 0.0950. The summed E-state index contributed by atoms with van der Waals surface area (Å²) in [7, 11) is -4.25. The van der Waals surface area contributed by atoms with Gasteiger partial charge in [0.25, 0.3) is 10.1 Å². The van der Waals surface area contributed by atoms with Gasteiger partial charge in [-0.2, -0.15) is 13.4 Å². The van der Waals surface area contributed by atoms with Gasteiger partial charge in [0.05, 0.1) is 5.02 Å². The second kappa shape index (κ2) is 10.5. The van der Waals surface area contributed by atoms with E-state index in [0.29, 0.717) is 5.56 Å². The molecule has 0 bridgehead atoms. The second-order valence-corrected chi connectivity index (χ2v) is 9.36. The largest absolute Gasteiger partial charge is 0.463 e. The van der Waals surface area contributed by atoms with Crippen LogP contribution in [-0.4, -0.2) is 54.8 Å². The molecule has 1 saturated heterocycles. The van der Waals surface area contributed by atoms with Gasteiger partial charge >= 0.3 is 17.6 Å². The third kappa shape index (κ3) is 6.32. The molecule has 1 aromatic carbocycles. The summed E-state index contributed by atoms with van der Waals surface area (Å²) in [6.07, 6.45) is -4.43. The Balaban J connectivity index is 1.99. The van der Waals surface area contributed by atoms with Crippen LogP contribution in [0.5, 0.6) is 0 Å². The fraction of sp³-hybridized carbons (Fsp3) is 0.400. The number of anilines is 1. The van der Waals surface area contributed by atoms with Crippen molar-refractivity contribution in [3.05, 3.63) is 57.6 Å². The fourth-order valence-corrected chi connectivity index (χ4v) is 4.71. The Labute approximate surface area is 199 Å². The molecule has 2 aromatic rings. The highest BCUT2D eigenvalue weighted by molar-refractivity contribution is 7.85. The van der Waals surface area contributed by atoms with Gasteiger partial charge in [-0.15, -0.1) is 0 Å². The highest BCUT2D eigenvalue weighted by Crippen LogP contribution is 2.35. The molecule has 34 heavy (non-hydrogen) atoms. The van der Waals surface area contributed by atoms with Crippen LogP contribution in [0, 0.1) is 0 Å². The first-order valence-corrected chi connectivity index (χ1v) is 11.9. The van der Waals surface area contributed by atoms with E-state index >= 15 is 0 Å². The molecule has 0 radical (unpaired) electrons. The smallest absolute Gasteiger partial charge is 0.351 e. The molecule has 0 saturated carbocycles. The zero-order chi connectivity index (χ0) is 25.0. The van der Waals surface area contributed by atoms with Crippen molar-refractivity contribution < 1.29 is 36.4 Å². The van der Waals surface area contributed by atoms with Crippen LogP contribution in [0.15, 0.2) is 41.3 Å². The average Bonchev–Trinajstić information content (AvgIpc) is 3.05. The van der Waals surface area contributed by atoms with Crippen molar-refractivity contribution in [2.45, 2.75) is 44.1 Å². The van der Waals surface area contributed by atoms with Crippen LogP contribution >= 0.6 is 11.6 Å². The molecule has 1 aromatic heterocycles. The maximum Gasteiger partial charge on any atom is 0.351 e. The summed E-state index contributed by atoms with van der Waals surface area (Å²) in [5, 5.41) is -0.0950. The molecule has 1 fully saturated rings. The number of rotatable bonds is 8. The molecule has 0 aliphatic carbocycles. The van der Waals surface area contributed by atoms with Crippen molar-refractivity contribution >= 4 is 39.5 Å². The zero-order valence-electron chi connectivity index (χ0n) is 18.1. The van der Waals surface area contributed by atoms with Crippen LogP contribution in [0.2, 0.25) is 5.02 Å². The molecule has 12 nitrogen and oxygen atoms in total. The van der Waals surface area contributed by atoms with Crippen LogP contribution in [0.25, 0.3) is 0 Å². The Kier molecular flexibility index (Phi) is 7.92. The third-order valence-electron chi connectivity index (χ3n) is 4.69. The molecule has 0 spiro atoms. The Hall–Kier alpha value is -3.00. The molecule has 2 heterocycles. The number of hydrogen-bond acceptors (Lipinski definition) is 11. The standard InChI is InChI=1S/C20H22ClN3O9S/c1-11(25)30-9-15-16(33-34(28,29)10-13-6-4-3-5-7-13)17(31-12(2)26)19(32-15)24-8-14(21)18(22)23-20(24)27/h3-8,15-17,19H,9-10H2,1-2H3,(H2,22,23,27)/t15-,16+,17-,19-/m1/s1. The molecule has 0 amide bonds. The van der Waals surface area contributed by atoms with Gasteiger partial charge in [-0.25, -0.2) is 4.79 Å². The van der Waals surface area contributed by atoms with Gasteiger partial charge in [0, 0.05) is 20.0 Å². The number of nitrogen functional groups attached to an aromatic ring is 1. The van der Waals surface area contributed by atoms with Crippen molar-refractivity contribution in [3.8, 4) is 0 Å². The first kappa shape index (κ1) is 25.6. The lowest BCUT2D eigenvalue weighted by molar-refractivity contribution is -0.155. The molecule has 184 valence electrons. The molecular formula is C20H22ClN3O9S. The molecule has 2 N–H and O–H groups in total. The number of halogens is 1. The van der Waals surface area contributed by atoms with Crippen molar-refractivity contribution in [1.29, 1.82) is 0 Å². The van der Waals surface area contributed by atoms with Gasteiger partial charge in [0.1, 0.15) is 30.4 Å². The average molecular weight is 516 g/mol. The molecule has 14 heteroatoms. The summed E-state index contributed by atoms with van der Waals surface area (Å²) < 4.78 is 48.0. The van der Waals surface area contributed by atoms with Gasteiger partial charge in [-0.1, -0.05) is 41.9 Å². The number of esters is 2. The summed E-state index contributed by atoms with van der Waals surface area (Å²) in [6.45, 7) is 1.79. The topological polar surface area (TPSA) is 166 Å². The Morgan fingerprint density at radius 2 is 1.85 bits per heavy atom. The van der Waals surface area contributed by atoms with Crippen molar-refractivity contribution in [2.75, 3.05) is 12.3 Å². The van der Waals surface area contributed by atoms with E-state index in [1.54, 1.807) is 30.3 Å². The molecule has 4 atom stereocenters. The number of nitrogens with two attached hydrogens (primary N) is 1. The van der Waals surface area contributed by atoms with Crippen LogP contribution in [-0.2, 0) is 43.9 Å². The minimum Gasteiger partial charge on any atom is -0.463 e. The van der Waals surface area contributed by atoms with E-state index in [9.17, 15) is 22.8 Å². The Morgan fingerprint density at radius 3 is 2.47 bits per heavy atom. The van der Waals surface area contributed by atoms with Gasteiger partial charge in [0.2, 0.25) is 0 Å². The van der Waals surface area contributed by atoms with Crippen LogP contribution in [0.3, 0.4) is 0 Å². The number of carbonyl (C=O) groups excluding carboxylic acids is 2. The number of hydrogen-bond donors (Lipinski definition) is 1. The second-order valence-electron chi connectivity index (χ2n) is 7.35. The van der Waals surface area contributed by atoms with Crippen molar-refractivity contribution in [1.82, 2.24) is 9.55 Å². The lowest BCUT2D eigenvalue weighted by Crippen LogP contribution is -2.42. The van der Waals surface area contributed by atoms with Crippen molar-refractivity contribution in [2.24, 2.45) is 0 Å². The van der Waals surface area contributed by atoms with E-state index in [4.69, 9.17) is 35.7 Å². The van der Waals surface area contributed by atoms with E-state index in [2.05, 4.69) is 4.98 Å². The van der Waals surface area contributed by atoms with Crippen LogP contribution in [0.4, 0.5) is 5.82 Å². The number of aromatic nitrogens is 2. The van der Waals surface area contributed by atoms with E-state index in [0.717, 1.165) is 24.6 Å². The lowest BCUT2D eigenvalue weighted by atomic mass is 10.1. The highest BCUT2D eigenvalue weighted by Gasteiger charge is 2.51. The summed E-state index contributed by atoms with van der Waals surface area (Å²) >= 11 is 5.98. The summed E-state index contributed by atoms with van der Waals surface area (Å²) in [4.78, 5) is 39.2. The first-order valence-electron chi connectivity index (χ1n) is 9.92. The Bertz CT molecular complexity index is 1220. The van der Waals surface area contributed by atoms with E-state index in [1.807, 2.05) is 0 Å². The van der Waals surface area contributed by atoms with E-state index in [-0.39, 0.29) is 10.8 Å². The number of nitrogens with zero attached hydrogens (tertiary/aromatic N) is 2. The van der Waals surface area contributed by atoms with Crippen molar-refractivity contribution in [3.63, 3.8) is 0 Å². The molecule has 1 aliphatic rings. The Morgan fingerprint density at radius 1 is 1.18 bits per heavy atom. The molecule has 1 aliphatic heterocycles. The normalized spacial score (nSPS) is 22.3. The van der Waals surface area contributed by atoms with Crippen LogP contribution < -0.4 is 11.4 Å². The summed E-state index contributed by atoms with van der Waals surface area (Å²) in [6, 6.07) is 8.23. The maximum absolute atomic E-state index is 12.8. The van der Waals surface area contributed by atoms with Gasteiger partial charge in [-0.05, 0) is 5.56 Å². The molecule has 0 unspecified atom stereocenters.